The predicted octanol–water partition coefficient (Wildman–Crippen LogP) is 3.86. The van der Waals surface area contributed by atoms with E-state index in [1.165, 1.54) is 12.1 Å². The second-order valence-electron chi connectivity index (χ2n) is 5.32. The number of benzene rings is 2. The standard InChI is InChI=1S/C18H22FN3O2/c1-2-9-24-18(23)22-17-8-7-16(10-14(17)11-20)21-12-13-3-5-15(19)6-4-13/h3-8,10,21H,2,9,11-12,20H2,1H3,(H,22,23). The summed E-state index contributed by atoms with van der Waals surface area (Å²) in [5, 5.41) is 5.94. The maximum Gasteiger partial charge on any atom is 0.411 e. The molecule has 2 aromatic rings. The van der Waals surface area contributed by atoms with Gasteiger partial charge in [0, 0.05) is 24.5 Å². The number of rotatable bonds is 7. The van der Waals surface area contributed by atoms with Gasteiger partial charge in [0.1, 0.15) is 5.82 Å². The van der Waals surface area contributed by atoms with Crippen molar-refractivity contribution in [1.82, 2.24) is 0 Å². The molecule has 0 aromatic heterocycles. The van der Waals surface area contributed by atoms with E-state index in [2.05, 4.69) is 10.6 Å². The summed E-state index contributed by atoms with van der Waals surface area (Å²) in [6, 6.07) is 11.8. The van der Waals surface area contributed by atoms with Crippen LogP contribution in [0.3, 0.4) is 0 Å². The molecule has 5 nitrogen and oxygen atoms in total. The quantitative estimate of drug-likeness (QED) is 0.720. The summed E-state index contributed by atoms with van der Waals surface area (Å²) in [4.78, 5) is 11.6. The van der Waals surface area contributed by atoms with E-state index in [0.29, 0.717) is 18.8 Å². The van der Waals surface area contributed by atoms with Crippen LogP contribution in [0.1, 0.15) is 24.5 Å². The number of carbonyl (C=O) groups is 1. The molecular weight excluding hydrogens is 309 g/mol. The second-order valence-corrected chi connectivity index (χ2v) is 5.32. The third-order valence-corrected chi connectivity index (χ3v) is 3.41. The zero-order chi connectivity index (χ0) is 17.4. The Morgan fingerprint density at radius 2 is 1.96 bits per heavy atom. The third-order valence-electron chi connectivity index (χ3n) is 3.41. The molecule has 0 aliphatic rings. The van der Waals surface area contributed by atoms with Crippen molar-refractivity contribution in [3.05, 3.63) is 59.4 Å². The number of anilines is 2. The number of amides is 1. The molecular formula is C18H22FN3O2. The number of ether oxygens (including phenoxy) is 1. The Hall–Kier alpha value is -2.60. The van der Waals surface area contributed by atoms with E-state index >= 15 is 0 Å². The topological polar surface area (TPSA) is 76.4 Å². The minimum Gasteiger partial charge on any atom is -0.449 e. The molecule has 24 heavy (non-hydrogen) atoms. The van der Waals surface area contributed by atoms with Crippen molar-refractivity contribution < 1.29 is 13.9 Å². The van der Waals surface area contributed by atoms with Gasteiger partial charge in [-0.2, -0.15) is 0 Å². The molecule has 0 saturated carbocycles. The lowest BCUT2D eigenvalue weighted by Gasteiger charge is -2.13. The molecule has 0 spiro atoms. The Kier molecular flexibility index (Phi) is 6.57. The van der Waals surface area contributed by atoms with E-state index in [4.69, 9.17) is 10.5 Å². The van der Waals surface area contributed by atoms with Gasteiger partial charge in [0.15, 0.2) is 0 Å². The van der Waals surface area contributed by atoms with E-state index in [-0.39, 0.29) is 12.4 Å². The van der Waals surface area contributed by atoms with Crippen LogP contribution in [0, 0.1) is 5.82 Å². The monoisotopic (exact) mass is 331 g/mol. The van der Waals surface area contributed by atoms with Gasteiger partial charge >= 0.3 is 6.09 Å². The molecule has 0 aliphatic carbocycles. The van der Waals surface area contributed by atoms with Crippen LogP contribution in [0.5, 0.6) is 0 Å². The zero-order valence-corrected chi connectivity index (χ0v) is 13.6. The van der Waals surface area contributed by atoms with Gasteiger partial charge < -0.3 is 15.8 Å². The summed E-state index contributed by atoms with van der Waals surface area (Å²) in [5.74, 6) is -0.255. The molecule has 128 valence electrons. The van der Waals surface area contributed by atoms with E-state index in [1.807, 2.05) is 19.1 Å². The molecule has 0 radical (unpaired) electrons. The Bertz CT molecular complexity index is 674. The first-order valence-electron chi connectivity index (χ1n) is 7.87. The second kappa shape index (κ2) is 8.88. The van der Waals surface area contributed by atoms with E-state index in [0.717, 1.165) is 23.2 Å². The first-order valence-corrected chi connectivity index (χ1v) is 7.87. The first-order chi connectivity index (χ1) is 11.6. The Balaban J connectivity index is 1.99. The van der Waals surface area contributed by atoms with E-state index in [1.54, 1.807) is 18.2 Å². The van der Waals surface area contributed by atoms with Crippen molar-refractivity contribution >= 4 is 17.5 Å². The van der Waals surface area contributed by atoms with Gasteiger partial charge in [-0.05, 0) is 47.9 Å². The molecule has 6 heteroatoms. The van der Waals surface area contributed by atoms with Gasteiger partial charge in [-0.1, -0.05) is 19.1 Å². The number of nitrogens with two attached hydrogens (primary N) is 1. The van der Waals surface area contributed by atoms with Crippen molar-refractivity contribution in [2.75, 3.05) is 17.2 Å². The van der Waals surface area contributed by atoms with Crippen LogP contribution >= 0.6 is 0 Å². The van der Waals surface area contributed by atoms with Crippen LogP contribution in [0.25, 0.3) is 0 Å². The third kappa shape index (κ3) is 5.24. The SMILES string of the molecule is CCCOC(=O)Nc1ccc(NCc2ccc(F)cc2)cc1CN. The van der Waals surface area contributed by atoms with Gasteiger partial charge in [0.25, 0.3) is 0 Å². The van der Waals surface area contributed by atoms with Gasteiger partial charge in [-0.3, -0.25) is 5.32 Å². The molecule has 2 aromatic carbocycles. The maximum absolute atomic E-state index is 12.9. The summed E-state index contributed by atoms with van der Waals surface area (Å²) in [6.07, 6.45) is 0.280. The Morgan fingerprint density at radius 3 is 2.62 bits per heavy atom. The van der Waals surface area contributed by atoms with Gasteiger partial charge in [-0.25, -0.2) is 9.18 Å². The normalized spacial score (nSPS) is 10.3. The smallest absolute Gasteiger partial charge is 0.411 e. The van der Waals surface area contributed by atoms with Crippen molar-refractivity contribution in [3.8, 4) is 0 Å². The molecule has 1 amide bonds. The number of hydrogen-bond acceptors (Lipinski definition) is 4. The highest BCUT2D eigenvalue weighted by atomic mass is 19.1. The van der Waals surface area contributed by atoms with E-state index in [9.17, 15) is 9.18 Å². The molecule has 4 N–H and O–H groups in total. The maximum atomic E-state index is 12.9. The first kappa shape index (κ1) is 17.7. The molecule has 0 bridgehead atoms. The average Bonchev–Trinajstić information content (AvgIpc) is 2.60. The summed E-state index contributed by atoms with van der Waals surface area (Å²) < 4.78 is 17.9. The fourth-order valence-electron chi connectivity index (χ4n) is 2.14. The lowest BCUT2D eigenvalue weighted by atomic mass is 10.1. The summed E-state index contributed by atoms with van der Waals surface area (Å²) in [5.41, 5.74) is 9.02. The van der Waals surface area contributed by atoms with Crippen LogP contribution in [0.15, 0.2) is 42.5 Å². The molecule has 2 rings (SSSR count). The van der Waals surface area contributed by atoms with Crippen molar-refractivity contribution in [2.24, 2.45) is 5.73 Å². The lowest BCUT2D eigenvalue weighted by molar-refractivity contribution is 0.161. The number of carbonyl (C=O) groups excluding carboxylic acids is 1. The summed E-state index contributed by atoms with van der Waals surface area (Å²) in [6.45, 7) is 3.16. The van der Waals surface area contributed by atoms with Crippen LogP contribution in [-0.4, -0.2) is 12.7 Å². The van der Waals surface area contributed by atoms with Crippen molar-refractivity contribution in [2.45, 2.75) is 26.4 Å². The number of nitrogens with one attached hydrogen (secondary N) is 2. The highest BCUT2D eigenvalue weighted by molar-refractivity contribution is 5.86. The summed E-state index contributed by atoms with van der Waals surface area (Å²) in [7, 11) is 0. The van der Waals surface area contributed by atoms with Gasteiger partial charge in [-0.15, -0.1) is 0 Å². The van der Waals surface area contributed by atoms with Gasteiger partial charge in [0.05, 0.1) is 6.61 Å². The van der Waals surface area contributed by atoms with Crippen LogP contribution in [0.4, 0.5) is 20.6 Å². The van der Waals surface area contributed by atoms with Crippen LogP contribution < -0.4 is 16.4 Å². The number of halogens is 1. The highest BCUT2D eigenvalue weighted by Gasteiger charge is 2.08. The molecule has 0 aliphatic heterocycles. The minimum absolute atomic E-state index is 0.255. The van der Waals surface area contributed by atoms with Crippen molar-refractivity contribution in [3.63, 3.8) is 0 Å². The molecule has 0 heterocycles. The van der Waals surface area contributed by atoms with Crippen LogP contribution in [0.2, 0.25) is 0 Å². The fourth-order valence-corrected chi connectivity index (χ4v) is 2.14. The highest BCUT2D eigenvalue weighted by Crippen LogP contribution is 2.21. The summed E-state index contributed by atoms with van der Waals surface area (Å²) >= 11 is 0. The zero-order valence-electron chi connectivity index (χ0n) is 13.6. The Morgan fingerprint density at radius 1 is 1.21 bits per heavy atom. The molecule has 0 saturated heterocycles. The average molecular weight is 331 g/mol. The van der Waals surface area contributed by atoms with Crippen LogP contribution in [-0.2, 0) is 17.8 Å². The number of hydrogen-bond donors (Lipinski definition) is 3. The predicted molar refractivity (Wildman–Crippen MR) is 93.3 cm³/mol. The van der Waals surface area contributed by atoms with Crippen molar-refractivity contribution in [1.29, 1.82) is 0 Å². The molecule has 0 atom stereocenters. The minimum atomic E-state index is -0.487. The van der Waals surface area contributed by atoms with E-state index < -0.39 is 6.09 Å². The largest absolute Gasteiger partial charge is 0.449 e. The van der Waals surface area contributed by atoms with Gasteiger partial charge in [0.2, 0.25) is 0 Å². The Labute approximate surface area is 141 Å². The molecule has 0 fully saturated rings. The fraction of sp³-hybridized carbons (Fsp3) is 0.278. The molecule has 0 unspecified atom stereocenters. The lowest BCUT2D eigenvalue weighted by Crippen LogP contribution is -2.16.